The maximum absolute atomic E-state index is 5.60. The van der Waals surface area contributed by atoms with Crippen LogP contribution in [0, 0.1) is 18.8 Å². The largest absolute Gasteiger partial charge is 0.370 e. The number of aromatic nitrogens is 2. The van der Waals surface area contributed by atoms with Crippen molar-refractivity contribution in [3.63, 3.8) is 0 Å². The van der Waals surface area contributed by atoms with Gasteiger partial charge in [0.2, 0.25) is 5.95 Å². The molecular formula is C12H20N4. The van der Waals surface area contributed by atoms with E-state index < -0.39 is 0 Å². The highest BCUT2D eigenvalue weighted by molar-refractivity contribution is 5.40. The highest BCUT2D eigenvalue weighted by atomic mass is 15.1. The molecule has 3 N–H and O–H groups in total. The Hall–Kier alpha value is -1.32. The van der Waals surface area contributed by atoms with Crippen molar-refractivity contribution in [3.8, 4) is 0 Å². The van der Waals surface area contributed by atoms with Crippen LogP contribution in [0.25, 0.3) is 0 Å². The number of nitrogen functional groups attached to an aromatic ring is 1. The normalized spacial score (nSPS) is 24.6. The molecule has 16 heavy (non-hydrogen) atoms. The molecular weight excluding hydrogens is 200 g/mol. The van der Waals surface area contributed by atoms with Crippen molar-refractivity contribution in [1.82, 2.24) is 9.97 Å². The summed E-state index contributed by atoms with van der Waals surface area (Å²) in [5.74, 6) is 2.86. The Morgan fingerprint density at radius 3 is 2.88 bits per heavy atom. The zero-order valence-electron chi connectivity index (χ0n) is 10.0. The van der Waals surface area contributed by atoms with Crippen molar-refractivity contribution in [2.24, 2.45) is 11.8 Å². The van der Waals surface area contributed by atoms with Gasteiger partial charge < -0.3 is 11.1 Å². The summed E-state index contributed by atoms with van der Waals surface area (Å²) in [5, 5.41) is 3.36. The van der Waals surface area contributed by atoms with Gasteiger partial charge in [-0.2, -0.15) is 4.98 Å². The van der Waals surface area contributed by atoms with Crippen LogP contribution in [0.4, 0.5) is 11.8 Å². The van der Waals surface area contributed by atoms with E-state index in [9.17, 15) is 0 Å². The number of nitrogens with two attached hydrogens (primary N) is 1. The summed E-state index contributed by atoms with van der Waals surface area (Å²) >= 11 is 0. The fraction of sp³-hybridized carbons (Fsp3) is 0.667. The molecule has 1 saturated carbocycles. The van der Waals surface area contributed by atoms with Crippen LogP contribution < -0.4 is 11.1 Å². The number of rotatable bonds is 3. The fourth-order valence-electron chi connectivity index (χ4n) is 2.44. The van der Waals surface area contributed by atoms with E-state index in [0.717, 1.165) is 29.9 Å². The third kappa shape index (κ3) is 2.84. The van der Waals surface area contributed by atoms with Gasteiger partial charge in [-0.15, -0.1) is 0 Å². The zero-order chi connectivity index (χ0) is 11.5. The number of nitrogens with zero attached hydrogens (tertiary/aromatic N) is 2. The van der Waals surface area contributed by atoms with E-state index in [-0.39, 0.29) is 0 Å². The summed E-state index contributed by atoms with van der Waals surface area (Å²) in [6.45, 7) is 5.26. The number of hydrogen-bond donors (Lipinski definition) is 2. The second-order valence-corrected chi connectivity index (χ2v) is 4.92. The summed E-state index contributed by atoms with van der Waals surface area (Å²) in [6, 6.07) is 1.94. The van der Waals surface area contributed by atoms with Crippen LogP contribution in [0.3, 0.4) is 0 Å². The molecule has 2 rings (SSSR count). The fourth-order valence-corrected chi connectivity index (χ4v) is 2.44. The molecule has 2 unspecified atom stereocenters. The number of anilines is 2. The monoisotopic (exact) mass is 220 g/mol. The molecule has 1 fully saturated rings. The van der Waals surface area contributed by atoms with Gasteiger partial charge in [0.25, 0.3) is 0 Å². The SMILES string of the molecule is Cc1cc(NCC2CCC(C)C2)nc(N)n1. The molecule has 0 amide bonds. The van der Waals surface area contributed by atoms with Crippen molar-refractivity contribution in [2.75, 3.05) is 17.6 Å². The van der Waals surface area contributed by atoms with Gasteiger partial charge in [0, 0.05) is 18.3 Å². The van der Waals surface area contributed by atoms with Gasteiger partial charge in [-0.25, -0.2) is 4.98 Å². The van der Waals surface area contributed by atoms with E-state index in [0.29, 0.717) is 5.95 Å². The van der Waals surface area contributed by atoms with Crippen LogP contribution in [-0.4, -0.2) is 16.5 Å². The summed E-state index contributed by atoms with van der Waals surface area (Å²) < 4.78 is 0. The minimum absolute atomic E-state index is 0.349. The quantitative estimate of drug-likeness (QED) is 0.819. The predicted molar refractivity (Wildman–Crippen MR) is 66.2 cm³/mol. The molecule has 4 heteroatoms. The Bertz CT molecular complexity index is 344. The van der Waals surface area contributed by atoms with E-state index in [4.69, 9.17) is 5.73 Å². The van der Waals surface area contributed by atoms with Crippen molar-refractivity contribution < 1.29 is 0 Å². The van der Waals surface area contributed by atoms with Crippen LogP contribution in [0.15, 0.2) is 6.07 Å². The Morgan fingerprint density at radius 2 is 2.25 bits per heavy atom. The Balaban J connectivity index is 1.89. The molecule has 0 radical (unpaired) electrons. The average Bonchev–Trinajstić information content (AvgIpc) is 2.60. The summed E-state index contributed by atoms with van der Waals surface area (Å²) in [7, 11) is 0. The molecule has 88 valence electrons. The first-order chi connectivity index (χ1) is 7.63. The molecule has 1 aromatic heterocycles. The van der Waals surface area contributed by atoms with Crippen molar-refractivity contribution in [3.05, 3.63) is 11.8 Å². The molecule has 2 atom stereocenters. The molecule has 0 bridgehead atoms. The van der Waals surface area contributed by atoms with E-state index in [1.165, 1.54) is 19.3 Å². The highest BCUT2D eigenvalue weighted by Gasteiger charge is 2.20. The topological polar surface area (TPSA) is 63.8 Å². The lowest BCUT2D eigenvalue weighted by Crippen LogP contribution is -2.13. The summed E-state index contributed by atoms with van der Waals surface area (Å²) in [6.07, 6.45) is 4.01. The van der Waals surface area contributed by atoms with Crippen LogP contribution in [0.2, 0.25) is 0 Å². The standard InChI is InChI=1S/C12H20N4/c1-8-3-4-10(5-8)7-14-11-6-9(2)15-12(13)16-11/h6,8,10H,3-5,7H2,1-2H3,(H3,13,14,15,16). The third-order valence-electron chi connectivity index (χ3n) is 3.25. The molecule has 1 heterocycles. The van der Waals surface area contributed by atoms with Gasteiger partial charge in [0.05, 0.1) is 0 Å². The van der Waals surface area contributed by atoms with Gasteiger partial charge in [-0.05, 0) is 31.6 Å². The van der Waals surface area contributed by atoms with Crippen LogP contribution in [-0.2, 0) is 0 Å². The van der Waals surface area contributed by atoms with E-state index in [1.807, 2.05) is 13.0 Å². The second kappa shape index (κ2) is 4.68. The Morgan fingerprint density at radius 1 is 1.44 bits per heavy atom. The lowest BCUT2D eigenvalue weighted by Gasteiger charge is -2.12. The van der Waals surface area contributed by atoms with Crippen LogP contribution in [0.1, 0.15) is 31.9 Å². The first-order valence-electron chi connectivity index (χ1n) is 5.98. The summed E-state index contributed by atoms with van der Waals surface area (Å²) in [4.78, 5) is 8.22. The summed E-state index contributed by atoms with van der Waals surface area (Å²) in [5.41, 5.74) is 6.51. The number of hydrogen-bond acceptors (Lipinski definition) is 4. The van der Waals surface area contributed by atoms with E-state index in [2.05, 4.69) is 22.2 Å². The van der Waals surface area contributed by atoms with Gasteiger partial charge >= 0.3 is 0 Å². The average molecular weight is 220 g/mol. The molecule has 0 saturated heterocycles. The molecule has 1 aromatic rings. The minimum atomic E-state index is 0.349. The van der Waals surface area contributed by atoms with Crippen LogP contribution in [0.5, 0.6) is 0 Å². The van der Waals surface area contributed by atoms with Crippen LogP contribution >= 0.6 is 0 Å². The lowest BCUT2D eigenvalue weighted by atomic mass is 10.1. The first kappa shape index (κ1) is 11.2. The zero-order valence-corrected chi connectivity index (χ0v) is 10.0. The molecule has 1 aliphatic carbocycles. The highest BCUT2D eigenvalue weighted by Crippen LogP contribution is 2.30. The smallest absolute Gasteiger partial charge is 0.222 e. The van der Waals surface area contributed by atoms with E-state index in [1.54, 1.807) is 0 Å². The molecule has 0 aromatic carbocycles. The maximum Gasteiger partial charge on any atom is 0.222 e. The van der Waals surface area contributed by atoms with Gasteiger partial charge in [-0.1, -0.05) is 13.3 Å². The number of aryl methyl sites for hydroxylation is 1. The molecule has 0 aliphatic heterocycles. The third-order valence-corrected chi connectivity index (χ3v) is 3.25. The van der Waals surface area contributed by atoms with Crippen molar-refractivity contribution in [1.29, 1.82) is 0 Å². The van der Waals surface area contributed by atoms with E-state index >= 15 is 0 Å². The Labute approximate surface area is 96.7 Å². The maximum atomic E-state index is 5.60. The first-order valence-corrected chi connectivity index (χ1v) is 5.98. The minimum Gasteiger partial charge on any atom is -0.370 e. The predicted octanol–water partition coefficient (Wildman–Crippen LogP) is 2.22. The van der Waals surface area contributed by atoms with Gasteiger partial charge in [0.1, 0.15) is 5.82 Å². The van der Waals surface area contributed by atoms with Crippen molar-refractivity contribution >= 4 is 11.8 Å². The molecule has 4 nitrogen and oxygen atoms in total. The molecule has 0 spiro atoms. The van der Waals surface area contributed by atoms with Crippen molar-refractivity contribution in [2.45, 2.75) is 33.1 Å². The van der Waals surface area contributed by atoms with Gasteiger partial charge in [-0.3, -0.25) is 0 Å². The number of nitrogens with one attached hydrogen (secondary N) is 1. The second-order valence-electron chi connectivity index (χ2n) is 4.92. The lowest BCUT2D eigenvalue weighted by molar-refractivity contribution is 0.536. The molecule has 1 aliphatic rings. The Kier molecular flexibility index (Phi) is 3.27. The van der Waals surface area contributed by atoms with Gasteiger partial charge in [0.15, 0.2) is 0 Å².